The van der Waals surface area contributed by atoms with Gasteiger partial charge in [-0.2, -0.15) is 0 Å². The van der Waals surface area contributed by atoms with Gasteiger partial charge < -0.3 is 5.32 Å². The molecular weight excluding hydrogens is 362 g/mol. The van der Waals surface area contributed by atoms with Gasteiger partial charge in [0.05, 0.1) is 10.9 Å². The van der Waals surface area contributed by atoms with Gasteiger partial charge in [0.2, 0.25) is 15.9 Å². The number of primary sulfonamides is 1. The largest absolute Gasteiger partial charge is 0.325 e. The Balaban J connectivity index is 2.04. The second-order valence-electron chi connectivity index (χ2n) is 7.04. The zero-order chi connectivity index (χ0) is 20.0. The van der Waals surface area contributed by atoms with Crippen LogP contribution >= 0.6 is 0 Å². The molecule has 2 rings (SSSR count). The molecule has 0 spiro atoms. The predicted molar refractivity (Wildman–Crippen MR) is 108 cm³/mol. The highest BCUT2D eigenvalue weighted by molar-refractivity contribution is 7.89. The molecule has 7 heteroatoms. The fraction of sp³-hybridized carbons (Fsp3) is 0.350. The maximum absolute atomic E-state index is 12.5. The van der Waals surface area contributed by atoms with Crippen LogP contribution in [0.25, 0.3) is 0 Å². The summed E-state index contributed by atoms with van der Waals surface area (Å²) in [7, 11) is -3.75. The first-order valence-electron chi connectivity index (χ1n) is 8.91. The van der Waals surface area contributed by atoms with Gasteiger partial charge in [-0.05, 0) is 49.1 Å². The number of hydrogen-bond acceptors (Lipinski definition) is 4. The van der Waals surface area contributed by atoms with Crippen LogP contribution in [0.2, 0.25) is 0 Å². The Kier molecular flexibility index (Phi) is 7.12. The Labute approximate surface area is 161 Å². The Hall–Kier alpha value is -2.22. The molecule has 0 bridgehead atoms. The van der Waals surface area contributed by atoms with Gasteiger partial charge in [0.1, 0.15) is 0 Å². The van der Waals surface area contributed by atoms with E-state index in [1.165, 1.54) is 24.3 Å². The molecule has 4 N–H and O–H groups in total. The van der Waals surface area contributed by atoms with Crippen LogP contribution in [-0.2, 0) is 14.8 Å². The lowest BCUT2D eigenvalue weighted by molar-refractivity contribution is -0.118. The molecule has 0 aromatic heterocycles. The van der Waals surface area contributed by atoms with Crippen molar-refractivity contribution in [1.29, 1.82) is 0 Å². The number of rotatable bonds is 8. The standard InChI is InChI=1S/C20H27N3O3S/c1-14(2)13-19(16-7-5-4-6-8-16)22-15(3)20(24)23-17-9-11-18(12-10-17)27(21,25)26/h4-12,14-15,19,22H,13H2,1-3H3,(H,23,24)(H2,21,25,26)/t15-,19-/m0/s1. The van der Waals surface area contributed by atoms with Crippen molar-refractivity contribution in [2.45, 2.75) is 44.2 Å². The monoisotopic (exact) mass is 389 g/mol. The summed E-state index contributed by atoms with van der Waals surface area (Å²) in [6.07, 6.45) is 0.907. The molecule has 146 valence electrons. The van der Waals surface area contributed by atoms with Crippen molar-refractivity contribution in [3.05, 3.63) is 60.2 Å². The van der Waals surface area contributed by atoms with Crippen LogP contribution < -0.4 is 15.8 Å². The smallest absolute Gasteiger partial charge is 0.241 e. The summed E-state index contributed by atoms with van der Waals surface area (Å²) in [5.74, 6) is 0.284. The third-order valence-electron chi connectivity index (χ3n) is 4.20. The van der Waals surface area contributed by atoms with Gasteiger partial charge in [-0.3, -0.25) is 10.1 Å². The Morgan fingerprint density at radius 2 is 1.59 bits per heavy atom. The highest BCUT2D eigenvalue weighted by atomic mass is 32.2. The SMILES string of the molecule is CC(C)C[C@H](N[C@@H](C)C(=O)Nc1ccc(S(N)(=O)=O)cc1)c1ccccc1. The molecule has 0 aliphatic heterocycles. The third-order valence-corrected chi connectivity index (χ3v) is 5.13. The van der Waals surface area contributed by atoms with E-state index in [9.17, 15) is 13.2 Å². The Morgan fingerprint density at radius 3 is 2.11 bits per heavy atom. The number of benzene rings is 2. The highest BCUT2D eigenvalue weighted by Gasteiger charge is 2.20. The third kappa shape index (κ3) is 6.46. The number of carbonyl (C=O) groups excluding carboxylic acids is 1. The van der Waals surface area contributed by atoms with E-state index >= 15 is 0 Å². The maximum Gasteiger partial charge on any atom is 0.241 e. The van der Waals surface area contributed by atoms with Gasteiger partial charge in [0, 0.05) is 11.7 Å². The van der Waals surface area contributed by atoms with E-state index in [1.54, 1.807) is 0 Å². The van der Waals surface area contributed by atoms with Crippen molar-refractivity contribution < 1.29 is 13.2 Å². The molecule has 6 nitrogen and oxygen atoms in total. The first-order valence-corrected chi connectivity index (χ1v) is 10.5. The zero-order valence-corrected chi connectivity index (χ0v) is 16.7. The van der Waals surface area contributed by atoms with E-state index in [0.29, 0.717) is 11.6 Å². The number of sulfonamides is 1. The van der Waals surface area contributed by atoms with Gasteiger partial charge in [-0.15, -0.1) is 0 Å². The van der Waals surface area contributed by atoms with Crippen molar-refractivity contribution in [2.75, 3.05) is 5.32 Å². The number of carbonyl (C=O) groups is 1. The molecular formula is C20H27N3O3S. The van der Waals surface area contributed by atoms with Crippen LogP contribution in [0.5, 0.6) is 0 Å². The van der Waals surface area contributed by atoms with Crippen LogP contribution in [0, 0.1) is 5.92 Å². The number of nitrogens with two attached hydrogens (primary N) is 1. The van der Waals surface area contributed by atoms with E-state index in [1.807, 2.05) is 25.1 Å². The highest BCUT2D eigenvalue weighted by Crippen LogP contribution is 2.22. The predicted octanol–water partition coefficient (Wildman–Crippen LogP) is 3.04. The van der Waals surface area contributed by atoms with Gasteiger partial charge in [-0.1, -0.05) is 44.2 Å². The molecule has 0 unspecified atom stereocenters. The molecule has 0 aliphatic carbocycles. The van der Waals surface area contributed by atoms with Crippen LogP contribution in [0.4, 0.5) is 5.69 Å². The van der Waals surface area contributed by atoms with Crippen LogP contribution in [0.15, 0.2) is 59.5 Å². The molecule has 1 amide bonds. The molecule has 0 saturated heterocycles. The molecule has 2 aromatic rings. The fourth-order valence-corrected chi connectivity index (χ4v) is 3.33. The number of hydrogen-bond donors (Lipinski definition) is 3. The molecule has 0 saturated carbocycles. The lowest BCUT2D eigenvalue weighted by Crippen LogP contribution is -2.40. The molecule has 0 radical (unpaired) electrons. The maximum atomic E-state index is 12.5. The zero-order valence-electron chi connectivity index (χ0n) is 15.8. The molecule has 2 atom stereocenters. The number of amides is 1. The summed E-state index contributed by atoms with van der Waals surface area (Å²) >= 11 is 0. The Bertz CT molecular complexity index is 850. The van der Waals surface area contributed by atoms with E-state index in [2.05, 4.69) is 36.6 Å². The number of nitrogens with one attached hydrogen (secondary N) is 2. The molecule has 0 aliphatic rings. The topological polar surface area (TPSA) is 101 Å². The molecule has 0 heterocycles. The Morgan fingerprint density at radius 1 is 1.00 bits per heavy atom. The minimum atomic E-state index is -3.75. The van der Waals surface area contributed by atoms with E-state index in [4.69, 9.17) is 5.14 Å². The lowest BCUT2D eigenvalue weighted by atomic mass is 9.96. The van der Waals surface area contributed by atoms with Gasteiger partial charge in [0.15, 0.2) is 0 Å². The van der Waals surface area contributed by atoms with Crippen LogP contribution in [0.3, 0.4) is 0 Å². The average Bonchev–Trinajstić information content (AvgIpc) is 2.61. The van der Waals surface area contributed by atoms with Crippen molar-refractivity contribution in [1.82, 2.24) is 5.32 Å². The summed E-state index contributed by atoms with van der Waals surface area (Å²) in [5, 5.41) is 11.3. The van der Waals surface area contributed by atoms with Crippen molar-refractivity contribution in [3.8, 4) is 0 Å². The van der Waals surface area contributed by atoms with E-state index < -0.39 is 16.1 Å². The second kappa shape index (κ2) is 9.12. The summed E-state index contributed by atoms with van der Waals surface area (Å²) in [6, 6.07) is 15.5. The molecule has 2 aromatic carbocycles. The first kappa shape index (κ1) is 21.1. The average molecular weight is 390 g/mol. The summed E-state index contributed by atoms with van der Waals surface area (Å²) in [5.41, 5.74) is 1.66. The van der Waals surface area contributed by atoms with Crippen LogP contribution in [-0.4, -0.2) is 20.4 Å². The van der Waals surface area contributed by atoms with Crippen molar-refractivity contribution in [2.24, 2.45) is 11.1 Å². The fourth-order valence-electron chi connectivity index (χ4n) is 2.81. The van der Waals surface area contributed by atoms with Crippen molar-refractivity contribution >= 4 is 21.6 Å². The quantitative estimate of drug-likeness (QED) is 0.646. The summed E-state index contributed by atoms with van der Waals surface area (Å²) in [4.78, 5) is 12.5. The summed E-state index contributed by atoms with van der Waals surface area (Å²) in [6.45, 7) is 6.11. The molecule has 0 fully saturated rings. The van der Waals surface area contributed by atoms with Crippen molar-refractivity contribution in [3.63, 3.8) is 0 Å². The first-order chi connectivity index (χ1) is 12.7. The van der Waals surface area contributed by atoms with Gasteiger partial charge >= 0.3 is 0 Å². The second-order valence-corrected chi connectivity index (χ2v) is 8.60. The van der Waals surface area contributed by atoms with Crippen LogP contribution in [0.1, 0.15) is 38.8 Å². The summed E-state index contributed by atoms with van der Waals surface area (Å²) < 4.78 is 22.6. The minimum absolute atomic E-state index is 0.00717. The normalized spacial score (nSPS) is 14.0. The van der Waals surface area contributed by atoms with E-state index in [0.717, 1.165) is 12.0 Å². The minimum Gasteiger partial charge on any atom is -0.325 e. The van der Waals surface area contributed by atoms with Gasteiger partial charge in [0.25, 0.3) is 0 Å². The van der Waals surface area contributed by atoms with E-state index in [-0.39, 0.29) is 16.8 Å². The number of anilines is 1. The molecule has 27 heavy (non-hydrogen) atoms. The lowest BCUT2D eigenvalue weighted by Gasteiger charge is -2.25. The van der Waals surface area contributed by atoms with Gasteiger partial charge in [-0.25, -0.2) is 13.6 Å².